The summed E-state index contributed by atoms with van der Waals surface area (Å²) in [6, 6.07) is 6.36. The first-order valence-corrected chi connectivity index (χ1v) is 7.95. The van der Waals surface area contributed by atoms with E-state index in [9.17, 15) is 9.18 Å². The maximum atomic E-state index is 13.5. The molecule has 112 valence electrons. The number of benzene rings is 1. The fourth-order valence-corrected chi connectivity index (χ4v) is 2.67. The minimum Gasteiger partial charge on any atom is -0.465 e. The smallest absolute Gasteiger partial charge is 0.323 e. The number of hydrogen-bond donors (Lipinski definition) is 1. The summed E-state index contributed by atoms with van der Waals surface area (Å²) in [5.41, 5.74) is 0. The van der Waals surface area contributed by atoms with Crippen molar-refractivity contribution in [3.8, 4) is 0 Å². The van der Waals surface area contributed by atoms with E-state index in [1.165, 1.54) is 17.8 Å². The van der Waals surface area contributed by atoms with E-state index in [4.69, 9.17) is 4.74 Å². The molecule has 0 aliphatic heterocycles. The molecule has 1 rings (SSSR count). The topological polar surface area (TPSA) is 38.3 Å². The van der Waals surface area contributed by atoms with Crippen molar-refractivity contribution >= 4 is 17.7 Å². The highest BCUT2D eigenvalue weighted by Gasteiger charge is 2.18. The summed E-state index contributed by atoms with van der Waals surface area (Å²) in [5, 5.41) is 3.17. The average Bonchev–Trinajstić information content (AvgIpc) is 2.44. The summed E-state index contributed by atoms with van der Waals surface area (Å²) >= 11 is 1.42. The largest absolute Gasteiger partial charge is 0.465 e. The molecule has 0 bridgehead atoms. The first-order valence-electron chi connectivity index (χ1n) is 6.96. The maximum absolute atomic E-state index is 13.5. The third kappa shape index (κ3) is 5.92. The van der Waals surface area contributed by atoms with Crippen LogP contribution in [0.1, 0.15) is 26.7 Å². The highest BCUT2D eigenvalue weighted by atomic mass is 32.2. The molecule has 0 aliphatic carbocycles. The van der Waals surface area contributed by atoms with Gasteiger partial charge in [0.2, 0.25) is 0 Å². The van der Waals surface area contributed by atoms with Crippen molar-refractivity contribution in [3.63, 3.8) is 0 Å². The first kappa shape index (κ1) is 17.0. The lowest BCUT2D eigenvalue weighted by Crippen LogP contribution is -2.39. The Labute approximate surface area is 124 Å². The number of carbonyl (C=O) groups excluding carboxylic acids is 1. The number of thioether (sulfide) groups is 1. The molecule has 3 nitrogen and oxygen atoms in total. The van der Waals surface area contributed by atoms with E-state index >= 15 is 0 Å². The van der Waals surface area contributed by atoms with E-state index in [0.29, 0.717) is 23.7 Å². The third-order valence-electron chi connectivity index (χ3n) is 2.71. The van der Waals surface area contributed by atoms with E-state index in [1.807, 2.05) is 13.0 Å². The Bertz CT molecular complexity index is 415. The van der Waals surface area contributed by atoms with Crippen LogP contribution < -0.4 is 5.32 Å². The van der Waals surface area contributed by atoms with Crippen molar-refractivity contribution in [2.24, 2.45) is 0 Å². The number of rotatable bonds is 9. The molecule has 1 aromatic carbocycles. The zero-order chi connectivity index (χ0) is 14.8. The van der Waals surface area contributed by atoms with Gasteiger partial charge in [0.1, 0.15) is 11.9 Å². The highest BCUT2D eigenvalue weighted by molar-refractivity contribution is 7.99. The molecule has 0 saturated heterocycles. The van der Waals surface area contributed by atoms with E-state index in [2.05, 4.69) is 5.32 Å². The molecule has 0 aromatic heterocycles. The van der Waals surface area contributed by atoms with Crippen LogP contribution in [0.5, 0.6) is 0 Å². The summed E-state index contributed by atoms with van der Waals surface area (Å²) in [6.07, 6.45) is 1.58. The lowest BCUT2D eigenvalue weighted by molar-refractivity contribution is -0.145. The predicted molar refractivity (Wildman–Crippen MR) is 80.5 cm³/mol. The molecule has 0 fully saturated rings. The molecule has 0 heterocycles. The van der Waals surface area contributed by atoms with Gasteiger partial charge in [-0.05, 0) is 38.4 Å². The molecule has 20 heavy (non-hydrogen) atoms. The summed E-state index contributed by atoms with van der Waals surface area (Å²) in [7, 11) is 0. The molecule has 0 saturated carbocycles. The van der Waals surface area contributed by atoms with Crippen LogP contribution in [0.25, 0.3) is 0 Å². The van der Waals surface area contributed by atoms with Crippen molar-refractivity contribution < 1.29 is 13.9 Å². The normalized spacial score (nSPS) is 12.2. The van der Waals surface area contributed by atoms with Gasteiger partial charge in [-0.3, -0.25) is 4.79 Å². The summed E-state index contributed by atoms with van der Waals surface area (Å²) in [4.78, 5) is 12.4. The van der Waals surface area contributed by atoms with E-state index in [0.717, 1.165) is 13.0 Å². The number of nitrogens with one attached hydrogen (secondary N) is 1. The number of esters is 1. The number of carbonyl (C=O) groups is 1. The lowest BCUT2D eigenvalue weighted by Gasteiger charge is -2.16. The van der Waals surface area contributed by atoms with Crippen LogP contribution in [0, 0.1) is 5.82 Å². The second kappa shape index (κ2) is 9.77. The zero-order valence-electron chi connectivity index (χ0n) is 12.0. The summed E-state index contributed by atoms with van der Waals surface area (Å²) in [6.45, 7) is 4.99. The SMILES string of the molecule is CCCNC(CCSc1ccccc1F)C(=O)OCC. The molecule has 0 amide bonds. The van der Waals surface area contributed by atoms with Crippen LogP contribution in [-0.4, -0.2) is 30.9 Å². The van der Waals surface area contributed by atoms with Gasteiger partial charge in [0.15, 0.2) is 0 Å². The van der Waals surface area contributed by atoms with Crippen LogP contribution in [-0.2, 0) is 9.53 Å². The van der Waals surface area contributed by atoms with Crippen LogP contribution in [0.15, 0.2) is 29.2 Å². The van der Waals surface area contributed by atoms with Gasteiger partial charge < -0.3 is 10.1 Å². The minimum atomic E-state index is -0.311. The maximum Gasteiger partial charge on any atom is 0.323 e. The fraction of sp³-hybridized carbons (Fsp3) is 0.533. The monoisotopic (exact) mass is 299 g/mol. The van der Waals surface area contributed by atoms with Crippen LogP contribution in [0.4, 0.5) is 4.39 Å². The van der Waals surface area contributed by atoms with Crippen molar-refractivity contribution in [3.05, 3.63) is 30.1 Å². The Kier molecular flexibility index (Phi) is 8.30. The second-order valence-electron chi connectivity index (χ2n) is 4.33. The fourth-order valence-electron chi connectivity index (χ4n) is 1.71. The van der Waals surface area contributed by atoms with Gasteiger partial charge in [0, 0.05) is 10.6 Å². The molecule has 0 aliphatic rings. The van der Waals surface area contributed by atoms with Gasteiger partial charge in [-0.15, -0.1) is 11.8 Å². The summed E-state index contributed by atoms with van der Waals surface area (Å²) in [5.74, 6) is 0.225. The molecule has 5 heteroatoms. The van der Waals surface area contributed by atoms with Crippen LogP contribution >= 0.6 is 11.8 Å². The molecule has 0 radical (unpaired) electrons. The van der Waals surface area contributed by atoms with Crippen LogP contribution in [0.2, 0.25) is 0 Å². The number of halogens is 1. The van der Waals surface area contributed by atoms with Gasteiger partial charge >= 0.3 is 5.97 Å². The Morgan fingerprint density at radius 2 is 2.15 bits per heavy atom. The van der Waals surface area contributed by atoms with Gasteiger partial charge in [-0.25, -0.2) is 4.39 Å². The van der Waals surface area contributed by atoms with Gasteiger partial charge in [-0.2, -0.15) is 0 Å². The molecular weight excluding hydrogens is 277 g/mol. The third-order valence-corrected chi connectivity index (χ3v) is 3.79. The second-order valence-corrected chi connectivity index (χ2v) is 5.46. The van der Waals surface area contributed by atoms with E-state index < -0.39 is 0 Å². The average molecular weight is 299 g/mol. The van der Waals surface area contributed by atoms with Gasteiger partial charge in [-0.1, -0.05) is 19.1 Å². The predicted octanol–water partition coefficient (Wildman–Crippen LogP) is 3.24. The standard InChI is InChI=1S/C15H22FNO2S/c1-3-10-17-13(15(18)19-4-2)9-11-20-14-8-6-5-7-12(14)16/h5-8,13,17H,3-4,9-11H2,1-2H3. The molecule has 1 atom stereocenters. The summed E-state index contributed by atoms with van der Waals surface area (Å²) < 4.78 is 18.5. The molecule has 1 N–H and O–H groups in total. The zero-order valence-corrected chi connectivity index (χ0v) is 12.8. The van der Waals surface area contributed by atoms with Crippen molar-refractivity contribution in [1.29, 1.82) is 0 Å². The van der Waals surface area contributed by atoms with Gasteiger partial charge in [0.05, 0.1) is 6.61 Å². The molecule has 0 spiro atoms. The van der Waals surface area contributed by atoms with Crippen molar-refractivity contribution in [2.45, 2.75) is 37.6 Å². The minimum absolute atomic E-state index is 0.216. The van der Waals surface area contributed by atoms with Gasteiger partial charge in [0.25, 0.3) is 0 Å². The first-order chi connectivity index (χ1) is 9.69. The quantitative estimate of drug-likeness (QED) is 0.561. The Morgan fingerprint density at radius 1 is 1.40 bits per heavy atom. The Hall–Kier alpha value is -1.07. The van der Waals surface area contributed by atoms with Crippen molar-refractivity contribution in [2.75, 3.05) is 18.9 Å². The lowest BCUT2D eigenvalue weighted by atomic mass is 10.2. The molecule has 1 unspecified atom stereocenters. The number of ether oxygens (including phenoxy) is 1. The Balaban J connectivity index is 2.45. The van der Waals surface area contributed by atoms with Crippen LogP contribution in [0.3, 0.4) is 0 Å². The van der Waals surface area contributed by atoms with E-state index in [-0.39, 0.29) is 17.8 Å². The van der Waals surface area contributed by atoms with Crippen molar-refractivity contribution in [1.82, 2.24) is 5.32 Å². The molecule has 1 aromatic rings. The molecular formula is C15H22FNO2S. The number of hydrogen-bond acceptors (Lipinski definition) is 4. The highest BCUT2D eigenvalue weighted by Crippen LogP contribution is 2.22. The van der Waals surface area contributed by atoms with E-state index in [1.54, 1.807) is 19.1 Å². The Morgan fingerprint density at radius 3 is 2.80 bits per heavy atom.